The third kappa shape index (κ3) is 4.12. The number of carboxylic acids is 1. The van der Waals surface area contributed by atoms with Crippen molar-refractivity contribution in [3.63, 3.8) is 0 Å². The Bertz CT molecular complexity index is 626. The van der Waals surface area contributed by atoms with Gasteiger partial charge in [-0.1, -0.05) is 13.8 Å². The number of aromatic nitrogens is 1. The SMILES string of the molecule is CC(C)C[C@H](N)[C@](O)(Cc1cc(OC2CC3C[C@H]3C2)ccn1)C(=O)O. The fraction of sp³-hybridized carbons (Fsp3) is 0.684. The number of rotatable bonds is 8. The maximum absolute atomic E-state index is 11.7. The predicted molar refractivity (Wildman–Crippen MR) is 93.2 cm³/mol. The summed E-state index contributed by atoms with van der Waals surface area (Å²) in [6.45, 7) is 3.89. The fourth-order valence-corrected chi connectivity index (χ4v) is 3.92. The number of hydrogen-bond acceptors (Lipinski definition) is 5. The lowest BCUT2D eigenvalue weighted by molar-refractivity contribution is -0.161. The van der Waals surface area contributed by atoms with E-state index in [4.69, 9.17) is 10.5 Å². The lowest BCUT2D eigenvalue weighted by Gasteiger charge is -2.30. The van der Waals surface area contributed by atoms with Gasteiger partial charge in [-0.3, -0.25) is 4.98 Å². The molecule has 2 fully saturated rings. The first-order valence-electron chi connectivity index (χ1n) is 9.11. The lowest BCUT2D eigenvalue weighted by Crippen LogP contribution is -2.56. The second-order valence-electron chi connectivity index (χ2n) is 8.09. The number of aliphatic carboxylic acids is 1. The molecule has 2 saturated carbocycles. The van der Waals surface area contributed by atoms with Gasteiger partial charge in [0.15, 0.2) is 5.60 Å². The number of pyridine rings is 1. The van der Waals surface area contributed by atoms with Crippen LogP contribution in [0.1, 0.15) is 45.2 Å². The van der Waals surface area contributed by atoms with Crippen LogP contribution in [-0.4, -0.2) is 38.9 Å². The molecule has 1 aromatic heterocycles. The number of nitrogens with two attached hydrogens (primary N) is 1. The van der Waals surface area contributed by atoms with Crippen LogP contribution >= 0.6 is 0 Å². The molecule has 0 bridgehead atoms. The highest BCUT2D eigenvalue weighted by atomic mass is 16.5. The number of carbonyl (C=O) groups is 1. The Balaban J connectivity index is 1.69. The van der Waals surface area contributed by atoms with Crippen LogP contribution in [0.3, 0.4) is 0 Å². The van der Waals surface area contributed by atoms with Crippen LogP contribution in [0.15, 0.2) is 18.3 Å². The van der Waals surface area contributed by atoms with Gasteiger partial charge in [-0.05, 0) is 49.5 Å². The zero-order valence-corrected chi connectivity index (χ0v) is 14.9. The maximum Gasteiger partial charge on any atom is 0.337 e. The molecule has 0 aromatic carbocycles. The highest BCUT2D eigenvalue weighted by Crippen LogP contribution is 2.52. The Morgan fingerprint density at radius 2 is 2.08 bits per heavy atom. The van der Waals surface area contributed by atoms with Crippen molar-refractivity contribution in [2.24, 2.45) is 23.5 Å². The molecule has 4 N–H and O–H groups in total. The second-order valence-corrected chi connectivity index (χ2v) is 8.09. The van der Waals surface area contributed by atoms with Crippen LogP contribution in [0.2, 0.25) is 0 Å². The first-order valence-corrected chi connectivity index (χ1v) is 9.11. The molecular weight excluding hydrogens is 320 g/mol. The van der Waals surface area contributed by atoms with Crippen LogP contribution in [0.4, 0.5) is 0 Å². The molecular formula is C19H28N2O4. The minimum Gasteiger partial charge on any atom is -0.490 e. The Labute approximate surface area is 148 Å². The number of hydrogen-bond donors (Lipinski definition) is 3. The predicted octanol–water partition coefficient (Wildman–Crippen LogP) is 1.99. The maximum atomic E-state index is 11.7. The van der Waals surface area contributed by atoms with Crippen molar-refractivity contribution >= 4 is 5.97 Å². The molecule has 138 valence electrons. The van der Waals surface area contributed by atoms with Crippen LogP contribution in [-0.2, 0) is 11.2 Å². The van der Waals surface area contributed by atoms with Crippen molar-refractivity contribution in [1.29, 1.82) is 0 Å². The fourth-order valence-electron chi connectivity index (χ4n) is 3.92. The molecule has 2 aliphatic carbocycles. The van der Waals surface area contributed by atoms with Gasteiger partial charge in [0.25, 0.3) is 0 Å². The number of aliphatic hydroxyl groups is 1. The Kier molecular flexibility index (Phi) is 5.02. The number of nitrogens with zero attached hydrogens (tertiary/aromatic N) is 1. The first-order chi connectivity index (χ1) is 11.8. The van der Waals surface area contributed by atoms with Gasteiger partial charge >= 0.3 is 5.97 Å². The zero-order valence-electron chi connectivity index (χ0n) is 14.9. The monoisotopic (exact) mass is 348 g/mol. The van der Waals surface area contributed by atoms with Crippen LogP contribution in [0.5, 0.6) is 5.75 Å². The number of fused-ring (bicyclic) bond motifs is 1. The Morgan fingerprint density at radius 3 is 2.68 bits per heavy atom. The van der Waals surface area contributed by atoms with E-state index in [1.165, 1.54) is 6.42 Å². The molecule has 0 radical (unpaired) electrons. The summed E-state index contributed by atoms with van der Waals surface area (Å²) >= 11 is 0. The van der Waals surface area contributed by atoms with Gasteiger partial charge in [0.05, 0.1) is 6.10 Å². The van der Waals surface area contributed by atoms with E-state index >= 15 is 0 Å². The number of carboxylic acid groups (broad SMARTS) is 1. The highest BCUT2D eigenvalue weighted by molar-refractivity contribution is 5.78. The summed E-state index contributed by atoms with van der Waals surface area (Å²) in [5.41, 5.74) is 4.44. The van der Waals surface area contributed by atoms with E-state index in [0.29, 0.717) is 17.9 Å². The smallest absolute Gasteiger partial charge is 0.337 e. The van der Waals surface area contributed by atoms with Crippen molar-refractivity contribution in [3.05, 3.63) is 24.0 Å². The topological polar surface area (TPSA) is 106 Å². The molecule has 2 unspecified atom stereocenters. The summed E-state index contributed by atoms with van der Waals surface area (Å²) < 4.78 is 6.02. The molecule has 6 nitrogen and oxygen atoms in total. The molecule has 0 aliphatic heterocycles. The Hall–Kier alpha value is -1.66. The summed E-state index contributed by atoms with van der Waals surface area (Å²) in [6, 6.07) is 2.64. The van der Waals surface area contributed by atoms with Gasteiger partial charge in [-0.25, -0.2) is 4.79 Å². The van der Waals surface area contributed by atoms with Gasteiger partial charge < -0.3 is 20.7 Å². The van der Waals surface area contributed by atoms with E-state index in [1.54, 1.807) is 18.3 Å². The largest absolute Gasteiger partial charge is 0.490 e. The van der Waals surface area contributed by atoms with Crippen molar-refractivity contribution in [3.8, 4) is 5.75 Å². The summed E-state index contributed by atoms with van der Waals surface area (Å²) in [5, 5.41) is 20.2. The average molecular weight is 348 g/mol. The molecule has 2 aliphatic rings. The van der Waals surface area contributed by atoms with Crippen molar-refractivity contribution in [1.82, 2.24) is 4.98 Å². The van der Waals surface area contributed by atoms with Gasteiger partial charge in [0, 0.05) is 30.4 Å². The summed E-state index contributed by atoms with van der Waals surface area (Å²) in [4.78, 5) is 15.9. The first kappa shape index (κ1) is 18.1. The van der Waals surface area contributed by atoms with Crippen molar-refractivity contribution in [2.45, 2.75) is 63.7 Å². The van der Waals surface area contributed by atoms with Gasteiger partial charge in [-0.15, -0.1) is 0 Å². The third-order valence-electron chi connectivity index (χ3n) is 5.45. The van der Waals surface area contributed by atoms with E-state index in [9.17, 15) is 15.0 Å². The molecule has 3 rings (SSSR count). The molecule has 1 aromatic rings. The highest BCUT2D eigenvalue weighted by Gasteiger charge is 2.47. The van der Waals surface area contributed by atoms with Gasteiger partial charge in [0.2, 0.25) is 0 Å². The van der Waals surface area contributed by atoms with Crippen LogP contribution in [0, 0.1) is 17.8 Å². The Morgan fingerprint density at radius 1 is 1.40 bits per heavy atom. The molecule has 1 heterocycles. The van der Waals surface area contributed by atoms with E-state index in [0.717, 1.165) is 24.7 Å². The van der Waals surface area contributed by atoms with Crippen LogP contribution < -0.4 is 10.5 Å². The number of ether oxygens (including phenoxy) is 1. The minimum atomic E-state index is -2.04. The van der Waals surface area contributed by atoms with E-state index in [1.807, 2.05) is 13.8 Å². The van der Waals surface area contributed by atoms with E-state index in [2.05, 4.69) is 4.98 Å². The molecule has 0 saturated heterocycles. The second kappa shape index (κ2) is 6.92. The normalized spacial score (nSPS) is 28.3. The molecule has 5 atom stereocenters. The summed E-state index contributed by atoms with van der Waals surface area (Å²) in [6.07, 6.45) is 5.65. The van der Waals surface area contributed by atoms with Crippen LogP contribution in [0.25, 0.3) is 0 Å². The van der Waals surface area contributed by atoms with Crippen molar-refractivity contribution < 1.29 is 19.7 Å². The molecule has 0 spiro atoms. The van der Waals surface area contributed by atoms with E-state index in [-0.39, 0.29) is 18.4 Å². The molecule has 0 amide bonds. The van der Waals surface area contributed by atoms with Gasteiger partial charge in [0.1, 0.15) is 5.75 Å². The summed E-state index contributed by atoms with van der Waals surface area (Å²) in [5.74, 6) is 1.22. The molecule has 6 heteroatoms. The van der Waals surface area contributed by atoms with Gasteiger partial charge in [-0.2, -0.15) is 0 Å². The average Bonchev–Trinajstić information content (AvgIpc) is 3.13. The van der Waals surface area contributed by atoms with Crippen molar-refractivity contribution in [2.75, 3.05) is 0 Å². The van der Waals surface area contributed by atoms with E-state index < -0.39 is 17.6 Å². The minimum absolute atomic E-state index is 0.136. The third-order valence-corrected chi connectivity index (χ3v) is 5.45. The molecule has 25 heavy (non-hydrogen) atoms. The zero-order chi connectivity index (χ0) is 18.2. The lowest BCUT2D eigenvalue weighted by atomic mass is 9.84. The summed E-state index contributed by atoms with van der Waals surface area (Å²) in [7, 11) is 0. The quantitative estimate of drug-likeness (QED) is 0.663. The standard InChI is InChI=1S/C19H28N2O4/c1-11(2)5-17(20)19(24,18(22)23)10-14-9-15(3-4-21-14)25-16-7-12-6-13(12)8-16/h3-4,9,11-13,16-17,24H,5-8,10,20H2,1-2H3,(H,22,23)/t12-,13?,16?,17-,19+/m0/s1.